The third-order valence-corrected chi connectivity index (χ3v) is 4.40. The van der Waals surface area contributed by atoms with Crippen LogP contribution >= 0.6 is 11.6 Å². The molecule has 0 atom stereocenters. The number of rotatable bonds is 8. The van der Waals surface area contributed by atoms with E-state index in [4.69, 9.17) is 20.8 Å². The van der Waals surface area contributed by atoms with Gasteiger partial charge in [0.15, 0.2) is 11.7 Å². The van der Waals surface area contributed by atoms with Crippen LogP contribution in [0.15, 0.2) is 59.1 Å². The number of nitrogens with one attached hydrogen (secondary N) is 1. The van der Waals surface area contributed by atoms with E-state index in [0.29, 0.717) is 36.1 Å². The molecule has 0 bridgehead atoms. The zero-order valence-corrected chi connectivity index (χ0v) is 15.8. The van der Waals surface area contributed by atoms with Crippen molar-refractivity contribution in [2.45, 2.75) is 19.3 Å². The van der Waals surface area contributed by atoms with Crippen molar-refractivity contribution in [3.63, 3.8) is 0 Å². The summed E-state index contributed by atoms with van der Waals surface area (Å²) >= 11 is 5.89. The zero-order valence-electron chi connectivity index (χ0n) is 15.1. The van der Waals surface area contributed by atoms with Gasteiger partial charge in [-0.25, -0.2) is 4.98 Å². The lowest BCUT2D eigenvalue weighted by Gasteiger charge is -2.05. The number of ether oxygens (including phenoxy) is 1. The topological polar surface area (TPSA) is 64.4 Å². The Balaban J connectivity index is 1.42. The van der Waals surface area contributed by atoms with Gasteiger partial charge in [0, 0.05) is 30.0 Å². The highest BCUT2D eigenvalue weighted by molar-refractivity contribution is 6.30. The van der Waals surface area contributed by atoms with Crippen LogP contribution in [0.1, 0.15) is 17.9 Å². The van der Waals surface area contributed by atoms with Crippen molar-refractivity contribution in [2.75, 3.05) is 13.7 Å². The van der Waals surface area contributed by atoms with Gasteiger partial charge in [0.25, 0.3) is 0 Å². The Morgan fingerprint density at radius 2 is 1.85 bits per heavy atom. The molecule has 1 N–H and O–H groups in total. The van der Waals surface area contributed by atoms with E-state index in [1.807, 2.05) is 36.4 Å². The predicted molar refractivity (Wildman–Crippen MR) is 105 cm³/mol. The average Bonchev–Trinajstić information content (AvgIpc) is 3.16. The smallest absolute Gasteiger partial charge is 0.220 e. The normalized spacial score (nSPS) is 10.6. The molecular formula is C21H21ClN2O3. The van der Waals surface area contributed by atoms with Crippen LogP contribution < -0.4 is 10.1 Å². The highest BCUT2D eigenvalue weighted by atomic mass is 35.5. The summed E-state index contributed by atoms with van der Waals surface area (Å²) in [5.41, 5.74) is 2.05. The van der Waals surface area contributed by atoms with Gasteiger partial charge in [-0.05, 0) is 48.4 Å². The Labute approximate surface area is 163 Å². The van der Waals surface area contributed by atoms with Crippen molar-refractivity contribution in [2.24, 2.45) is 0 Å². The van der Waals surface area contributed by atoms with Gasteiger partial charge in [0.05, 0.1) is 13.3 Å². The quantitative estimate of drug-likeness (QED) is 0.629. The second-order valence-corrected chi connectivity index (χ2v) is 6.51. The molecule has 1 amide bonds. The van der Waals surface area contributed by atoms with E-state index in [9.17, 15) is 4.79 Å². The van der Waals surface area contributed by atoms with Gasteiger partial charge in [-0.3, -0.25) is 4.79 Å². The second kappa shape index (κ2) is 9.24. The highest BCUT2D eigenvalue weighted by Crippen LogP contribution is 2.22. The molecule has 0 aliphatic rings. The first-order valence-corrected chi connectivity index (χ1v) is 9.12. The second-order valence-electron chi connectivity index (χ2n) is 6.07. The molecule has 3 rings (SSSR count). The molecule has 1 aromatic heterocycles. The Morgan fingerprint density at radius 1 is 1.11 bits per heavy atom. The van der Waals surface area contributed by atoms with Crippen LogP contribution in [0, 0.1) is 0 Å². The van der Waals surface area contributed by atoms with Gasteiger partial charge >= 0.3 is 0 Å². The van der Waals surface area contributed by atoms with Crippen LogP contribution in [0.2, 0.25) is 5.02 Å². The first-order valence-electron chi connectivity index (χ1n) is 8.74. The lowest BCUT2D eigenvalue weighted by molar-refractivity contribution is -0.121. The first kappa shape index (κ1) is 19.0. The summed E-state index contributed by atoms with van der Waals surface area (Å²) in [4.78, 5) is 16.2. The molecule has 140 valence electrons. The van der Waals surface area contributed by atoms with Crippen molar-refractivity contribution in [3.8, 4) is 17.1 Å². The van der Waals surface area contributed by atoms with E-state index in [1.54, 1.807) is 25.4 Å². The SMILES string of the molecule is COc1ccc(CCNC(=O)CCc2ncc(-c3ccc(Cl)cc3)o2)cc1. The summed E-state index contributed by atoms with van der Waals surface area (Å²) in [7, 11) is 1.64. The van der Waals surface area contributed by atoms with E-state index in [2.05, 4.69) is 10.3 Å². The Morgan fingerprint density at radius 3 is 2.56 bits per heavy atom. The number of carbonyl (C=O) groups excluding carboxylic acids is 1. The maximum absolute atomic E-state index is 12.0. The number of nitrogens with zero attached hydrogens (tertiary/aromatic N) is 1. The van der Waals surface area contributed by atoms with Crippen LogP contribution in [-0.2, 0) is 17.6 Å². The largest absolute Gasteiger partial charge is 0.497 e. The first-order chi connectivity index (χ1) is 13.1. The van der Waals surface area contributed by atoms with Crippen molar-refractivity contribution in [1.29, 1.82) is 0 Å². The molecule has 0 aliphatic carbocycles. The minimum Gasteiger partial charge on any atom is -0.497 e. The number of amides is 1. The van der Waals surface area contributed by atoms with Gasteiger partial charge in [-0.1, -0.05) is 23.7 Å². The number of halogens is 1. The molecule has 6 heteroatoms. The van der Waals surface area contributed by atoms with E-state index in [1.165, 1.54) is 0 Å². The fourth-order valence-electron chi connectivity index (χ4n) is 2.62. The summed E-state index contributed by atoms with van der Waals surface area (Å²) in [6, 6.07) is 15.2. The molecule has 5 nitrogen and oxygen atoms in total. The summed E-state index contributed by atoms with van der Waals surface area (Å²) in [5.74, 6) is 2.02. The summed E-state index contributed by atoms with van der Waals surface area (Å²) < 4.78 is 10.8. The van der Waals surface area contributed by atoms with Crippen LogP contribution in [0.3, 0.4) is 0 Å². The van der Waals surface area contributed by atoms with Gasteiger partial charge in [0.1, 0.15) is 5.75 Å². The highest BCUT2D eigenvalue weighted by Gasteiger charge is 2.09. The Bertz CT molecular complexity index is 873. The van der Waals surface area contributed by atoms with E-state index in [-0.39, 0.29) is 5.91 Å². The van der Waals surface area contributed by atoms with E-state index in [0.717, 1.165) is 23.3 Å². The van der Waals surface area contributed by atoms with Crippen molar-refractivity contribution in [3.05, 3.63) is 71.2 Å². The Hall–Kier alpha value is -2.79. The number of aromatic nitrogens is 1. The van der Waals surface area contributed by atoms with E-state index < -0.39 is 0 Å². The van der Waals surface area contributed by atoms with Gasteiger partial charge in [-0.2, -0.15) is 0 Å². The predicted octanol–water partition coefficient (Wildman–Crippen LogP) is 4.30. The fraction of sp³-hybridized carbons (Fsp3) is 0.238. The third kappa shape index (κ3) is 5.59. The molecule has 0 spiro atoms. The van der Waals surface area contributed by atoms with Crippen molar-refractivity contribution >= 4 is 17.5 Å². The summed E-state index contributed by atoms with van der Waals surface area (Å²) in [6.07, 6.45) is 3.24. The molecule has 1 heterocycles. The summed E-state index contributed by atoms with van der Waals surface area (Å²) in [5, 5.41) is 3.59. The van der Waals surface area contributed by atoms with Crippen LogP contribution in [0.4, 0.5) is 0 Å². The zero-order chi connectivity index (χ0) is 19.1. The van der Waals surface area contributed by atoms with Crippen LogP contribution in [0.25, 0.3) is 11.3 Å². The number of carbonyl (C=O) groups is 1. The minimum atomic E-state index is -0.0187. The molecule has 3 aromatic rings. The fourth-order valence-corrected chi connectivity index (χ4v) is 2.75. The number of methoxy groups -OCH3 is 1. The lowest BCUT2D eigenvalue weighted by Crippen LogP contribution is -2.25. The number of benzene rings is 2. The molecule has 0 saturated heterocycles. The van der Waals surface area contributed by atoms with Crippen molar-refractivity contribution in [1.82, 2.24) is 10.3 Å². The van der Waals surface area contributed by atoms with Gasteiger partial charge in [-0.15, -0.1) is 0 Å². The number of aryl methyl sites for hydroxylation is 1. The molecule has 0 saturated carbocycles. The van der Waals surface area contributed by atoms with Crippen LogP contribution in [0.5, 0.6) is 5.75 Å². The molecule has 0 fully saturated rings. The standard InChI is InChI=1S/C21H21ClN2O3/c1-26-18-8-2-15(3-9-18)12-13-23-20(25)10-11-21-24-14-19(27-21)16-4-6-17(22)7-5-16/h2-9,14H,10-13H2,1H3,(H,23,25). The molecule has 0 unspecified atom stereocenters. The number of hydrogen-bond acceptors (Lipinski definition) is 4. The van der Waals surface area contributed by atoms with Crippen molar-refractivity contribution < 1.29 is 13.9 Å². The summed E-state index contributed by atoms with van der Waals surface area (Å²) in [6.45, 7) is 0.590. The number of hydrogen-bond donors (Lipinski definition) is 1. The number of oxazole rings is 1. The average molecular weight is 385 g/mol. The molecule has 27 heavy (non-hydrogen) atoms. The third-order valence-electron chi connectivity index (χ3n) is 4.14. The molecule has 2 aromatic carbocycles. The van der Waals surface area contributed by atoms with Crippen LogP contribution in [-0.4, -0.2) is 24.5 Å². The van der Waals surface area contributed by atoms with E-state index >= 15 is 0 Å². The Kier molecular flexibility index (Phi) is 6.49. The maximum Gasteiger partial charge on any atom is 0.220 e. The van der Waals surface area contributed by atoms with Gasteiger partial charge in [0.2, 0.25) is 5.91 Å². The van der Waals surface area contributed by atoms with Gasteiger partial charge < -0.3 is 14.5 Å². The molecule has 0 aliphatic heterocycles. The minimum absolute atomic E-state index is 0.0187. The molecular weight excluding hydrogens is 364 g/mol. The maximum atomic E-state index is 12.0. The molecule has 0 radical (unpaired) electrons. The lowest BCUT2D eigenvalue weighted by atomic mass is 10.1. The monoisotopic (exact) mass is 384 g/mol.